The fraction of sp³-hybridized carbons (Fsp3) is 0.889. The molecule has 17 heavy (non-hydrogen) atoms. The fourth-order valence-corrected chi connectivity index (χ4v) is 1.43. The maximum absolute atomic E-state index is 11.8. The van der Waals surface area contributed by atoms with Gasteiger partial charge in [-0.3, -0.25) is 4.79 Å². The first-order chi connectivity index (χ1) is 7.92. The Labute approximate surface area is 96.6 Å². The third kappa shape index (κ3) is 5.33. The van der Waals surface area contributed by atoms with E-state index < -0.39 is 25.3 Å². The van der Waals surface area contributed by atoms with Gasteiger partial charge >= 0.3 is 6.18 Å². The second-order valence-corrected chi connectivity index (χ2v) is 3.68. The smallest absolute Gasteiger partial charge is 0.373 e. The third-order valence-corrected chi connectivity index (χ3v) is 2.25. The Bertz CT molecular complexity index is 260. The van der Waals surface area contributed by atoms with Gasteiger partial charge < -0.3 is 20.1 Å². The third-order valence-electron chi connectivity index (χ3n) is 2.25. The van der Waals surface area contributed by atoms with Crippen molar-refractivity contribution in [3.05, 3.63) is 0 Å². The van der Waals surface area contributed by atoms with Gasteiger partial charge in [0.25, 0.3) is 0 Å². The Hall–Kier alpha value is -0.860. The Balaban J connectivity index is 2.27. The van der Waals surface area contributed by atoms with E-state index in [1.54, 1.807) is 0 Å². The summed E-state index contributed by atoms with van der Waals surface area (Å²) in [6.45, 7) is -0.727. The van der Waals surface area contributed by atoms with Gasteiger partial charge in [-0.2, -0.15) is 13.2 Å². The SMILES string of the molecule is NCC1CN(C(=O)COCC(F)(F)F)CCO1. The minimum atomic E-state index is -4.41. The summed E-state index contributed by atoms with van der Waals surface area (Å²) < 4.78 is 44.9. The molecule has 1 rings (SSSR count). The topological polar surface area (TPSA) is 64.8 Å². The molecule has 0 bridgehead atoms. The number of nitrogens with two attached hydrogens (primary N) is 1. The van der Waals surface area contributed by atoms with E-state index in [1.807, 2.05) is 0 Å². The van der Waals surface area contributed by atoms with Crippen LogP contribution in [0.3, 0.4) is 0 Å². The highest BCUT2D eigenvalue weighted by Gasteiger charge is 2.29. The molecule has 0 radical (unpaired) electrons. The van der Waals surface area contributed by atoms with Crippen LogP contribution in [0, 0.1) is 0 Å². The van der Waals surface area contributed by atoms with Crippen LogP contribution >= 0.6 is 0 Å². The number of carbonyl (C=O) groups is 1. The van der Waals surface area contributed by atoms with Crippen molar-refractivity contribution < 1.29 is 27.4 Å². The first-order valence-electron chi connectivity index (χ1n) is 5.16. The summed E-state index contributed by atoms with van der Waals surface area (Å²) in [5.74, 6) is -0.476. The van der Waals surface area contributed by atoms with Gasteiger partial charge in [0, 0.05) is 19.6 Å². The van der Waals surface area contributed by atoms with Crippen LogP contribution in [0.2, 0.25) is 0 Å². The van der Waals surface area contributed by atoms with E-state index in [4.69, 9.17) is 10.5 Å². The molecule has 1 fully saturated rings. The summed E-state index contributed by atoms with van der Waals surface area (Å²) in [5, 5.41) is 0. The van der Waals surface area contributed by atoms with Gasteiger partial charge in [0.15, 0.2) is 0 Å². The van der Waals surface area contributed by atoms with E-state index in [0.29, 0.717) is 19.7 Å². The lowest BCUT2D eigenvalue weighted by Crippen LogP contribution is -2.49. The van der Waals surface area contributed by atoms with Crippen molar-refractivity contribution in [3.8, 4) is 0 Å². The normalized spacial score (nSPS) is 21.6. The van der Waals surface area contributed by atoms with Gasteiger partial charge in [-0.25, -0.2) is 0 Å². The molecular formula is C9H15F3N2O3. The van der Waals surface area contributed by atoms with Crippen molar-refractivity contribution in [2.75, 3.05) is 39.5 Å². The van der Waals surface area contributed by atoms with Crippen molar-refractivity contribution in [1.82, 2.24) is 4.90 Å². The molecule has 1 atom stereocenters. The Kier molecular flexibility index (Phi) is 5.16. The van der Waals surface area contributed by atoms with Gasteiger partial charge in [-0.1, -0.05) is 0 Å². The standard InChI is InChI=1S/C9H15F3N2O3/c10-9(11,12)6-16-5-8(15)14-1-2-17-7(3-13)4-14/h7H,1-6,13H2. The molecule has 100 valence electrons. The maximum Gasteiger partial charge on any atom is 0.411 e. The summed E-state index contributed by atoms with van der Waals surface area (Å²) in [7, 11) is 0. The van der Waals surface area contributed by atoms with Crippen molar-refractivity contribution in [3.63, 3.8) is 0 Å². The average molecular weight is 256 g/mol. The second kappa shape index (κ2) is 6.18. The van der Waals surface area contributed by atoms with E-state index in [-0.39, 0.29) is 12.6 Å². The number of carbonyl (C=O) groups excluding carboxylic acids is 1. The molecule has 1 aliphatic heterocycles. The predicted octanol–water partition coefficient (Wildman–Crippen LogP) is -0.249. The molecule has 1 unspecified atom stereocenters. The largest absolute Gasteiger partial charge is 0.411 e. The highest BCUT2D eigenvalue weighted by Crippen LogP contribution is 2.14. The lowest BCUT2D eigenvalue weighted by atomic mass is 10.2. The zero-order valence-corrected chi connectivity index (χ0v) is 9.20. The van der Waals surface area contributed by atoms with E-state index in [2.05, 4.69) is 4.74 Å². The molecule has 0 saturated carbocycles. The van der Waals surface area contributed by atoms with Crippen LogP contribution in [0.5, 0.6) is 0 Å². The summed E-state index contributed by atoms with van der Waals surface area (Å²) in [4.78, 5) is 12.9. The number of hydrogen-bond acceptors (Lipinski definition) is 4. The minimum absolute atomic E-state index is 0.254. The van der Waals surface area contributed by atoms with Crippen LogP contribution in [0.25, 0.3) is 0 Å². The van der Waals surface area contributed by atoms with Crippen LogP contribution in [0.15, 0.2) is 0 Å². The number of hydrogen-bond donors (Lipinski definition) is 1. The number of halogens is 3. The molecule has 8 heteroatoms. The molecule has 1 aliphatic rings. The van der Waals surface area contributed by atoms with E-state index in [0.717, 1.165) is 0 Å². The van der Waals surface area contributed by atoms with Crippen LogP contribution < -0.4 is 5.73 Å². The molecular weight excluding hydrogens is 241 g/mol. The molecule has 1 amide bonds. The number of alkyl halides is 3. The molecule has 5 nitrogen and oxygen atoms in total. The number of rotatable bonds is 4. The maximum atomic E-state index is 11.8. The summed E-state index contributed by atoms with van der Waals surface area (Å²) in [6, 6.07) is 0. The van der Waals surface area contributed by atoms with E-state index in [9.17, 15) is 18.0 Å². The van der Waals surface area contributed by atoms with Gasteiger partial charge in [-0.15, -0.1) is 0 Å². The second-order valence-electron chi connectivity index (χ2n) is 3.68. The number of morpholine rings is 1. The lowest BCUT2D eigenvalue weighted by molar-refractivity contribution is -0.179. The van der Waals surface area contributed by atoms with Crippen molar-refractivity contribution in [2.24, 2.45) is 5.73 Å². The van der Waals surface area contributed by atoms with Crippen molar-refractivity contribution in [2.45, 2.75) is 12.3 Å². The Morgan fingerprint density at radius 1 is 1.53 bits per heavy atom. The van der Waals surface area contributed by atoms with Gasteiger partial charge in [0.1, 0.15) is 13.2 Å². The number of amides is 1. The van der Waals surface area contributed by atoms with Gasteiger partial charge in [-0.05, 0) is 0 Å². The Morgan fingerprint density at radius 2 is 2.24 bits per heavy atom. The molecule has 1 saturated heterocycles. The number of ether oxygens (including phenoxy) is 2. The van der Waals surface area contributed by atoms with Crippen molar-refractivity contribution >= 4 is 5.91 Å². The van der Waals surface area contributed by atoms with Crippen LogP contribution in [0.4, 0.5) is 13.2 Å². The quantitative estimate of drug-likeness (QED) is 0.753. The monoisotopic (exact) mass is 256 g/mol. The zero-order chi connectivity index (χ0) is 12.9. The first-order valence-corrected chi connectivity index (χ1v) is 5.16. The van der Waals surface area contributed by atoms with Crippen LogP contribution in [0.1, 0.15) is 0 Å². The highest BCUT2D eigenvalue weighted by atomic mass is 19.4. The lowest BCUT2D eigenvalue weighted by Gasteiger charge is -2.32. The summed E-state index contributed by atoms with van der Waals surface area (Å²) >= 11 is 0. The predicted molar refractivity (Wildman–Crippen MR) is 52.2 cm³/mol. The molecule has 2 N–H and O–H groups in total. The van der Waals surface area contributed by atoms with E-state index in [1.165, 1.54) is 4.90 Å². The molecule has 0 aromatic carbocycles. The molecule has 1 heterocycles. The summed E-state index contributed by atoms with van der Waals surface area (Å²) in [6.07, 6.45) is -4.67. The Morgan fingerprint density at radius 3 is 2.82 bits per heavy atom. The van der Waals surface area contributed by atoms with Crippen LogP contribution in [-0.4, -0.2) is 62.5 Å². The first kappa shape index (κ1) is 14.2. The number of nitrogens with zero attached hydrogens (tertiary/aromatic N) is 1. The molecule has 0 aromatic rings. The zero-order valence-electron chi connectivity index (χ0n) is 9.20. The van der Waals surface area contributed by atoms with Crippen LogP contribution in [-0.2, 0) is 14.3 Å². The molecule has 0 spiro atoms. The highest BCUT2D eigenvalue weighted by molar-refractivity contribution is 5.77. The van der Waals surface area contributed by atoms with Gasteiger partial charge in [0.05, 0.1) is 12.7 Å². The van der Waals surface area contributed by atoms with E-state index >= 15 is 0 Å². The summed E-state index contributed by atoms with van der Waals surface area (Å²) in [5.41, 5.74) is 5.38. The molecule has 0 aromatic heterocycles. The average Bonchev–Trinajstić information content (AvgIpc) is 2.27. The van der Waals surface area contributed by atoms with Crippen molar-refractivity contribution in [1.29, 1.82) is 0 Å². The molecule has 0 aliphatic carbocycles. The fourth-order valence-electron chi connectivity index (χ4n) is 1.43. The minimum Gasteiger partial charge on any atom is -0.373 e. The van der Waals surface area contributed by atoms with Gasteiger partial charge in [0.2, 0.25) is 5.91 Å².